The summed E-state index contributed by atoms with van der Waals surface area (Å²) in [5.74, 6) is -3.03. The third-order valence-corrected chi connectivity index (χ3v) is 2.21. The van der Waals surface area contributed by atoms with Gasteiger partial charge in [-0.05, 0) is 18.2 Å². The van der Waals surface area contributed by atoms with Crippen LogP contribution in [0.25, 0.3) is 11.1 Å². The number of aromatic nitrogens is 2. The smallest absolute Gasteiger partial charge is 0.354 e. The second-order valence-corrected chi connectivity index (χ2v) is 3.29. The predicted octanol–water partition coefficient (Wildman–Crippen LogP) is 1.64. The predicted molar refractivity (Wildman–Crippen MR) is 55.3 cm³/mol. The molecule has 5 nitrogen and oxygen atoms in total. The topological polar surface area (TPSA) is 92.0 Å². The third kappa shape index (κ3) is 1.82. The zero-order valence-corrected chi connectivity index (χ0v) is 8.37. The van der Waals surface area contributed by atoms with E-state index in [9.17, 15) is 13.6 Å². The Morgan fingerprint density at radius 1 is 1.41 bits per heavy atom. The summed E-state index contributed by atoms with van der Waals surface area (Å²) < 4.78 is 26.5. The van der Waals surface area contributed by atoms with Crippen LogP contribution in [0, 0.1) is 11.6 Å². The molecule has 2 rings (SSSR count). The van der Waals surface area contributed by atoms with Gasteiger partial charge in [-0.15, -0.1) is 0 Å². The molecule has 0 atom stereocenters. The molecule has 0 aliphatic rings. The minimum atomic E-state index is -1.35. The highest BCUT2D eigenvalue weighted by Crippen LogP contribution is 2.30. The Bertz CT molecular complexity index is 595. The first-order chi connectivity index (χ1) is 8.00. The summed E-state index contributed by atoms with van der Waals surface area (Å²) in [6, 6.07) is 2.68. The van der Waals surface area contributed by atoms with E-state index in [0.717, 1.165) is 18.2 Å². The van der Waals surface area contributed by atoms with Crippen molar-refractivity contribution in [3.63, 3.8) is 0 Å². The molecule has 1 aromatic carbocycles. The summed E-state index contributed by atoms with van der Waals surface area (Å²) in [6.07, 6.45) is 0. The van der Waals surface area contributed by atoms with Crippen molar-refractivity contribution in [1.29, 1.82) is 0 Å². The zero-order chi connectivity index (χ0) is 12.6. The van der Waals surface area contributed by atoms with E-state index in [1.807, 2.05) is 0 Å². The van der Waals surface area contributed by atoms with Crippen LogP contribution >= 0.6 is 0 Å². The molecule has 0 saturated heterocycles. The summed E-state index contributed by atoms with van der Waals surface area (Å²) >= 11 is 0. The number of halogens is 2. The van der Waals surface area contributed by atoms with Crippen LogP contribution in [0.15, 0.2) is 18.2 Å². The molecule has 2 aromatic rings. The van der Waals surface area contributed by atoms with Gasteiger partial charge in [0.05, 0.1) is 5.56 Å². The number of benzene rings is 1. The van der Waals surface area contributed by atoms with E-state index in [2.05, 4.69) is 10.2 Å². The number of nitrogen functional groups attached to an aromatic ring is 1. The fraction of sp³-hybridized carbons (Fsp3) is 0. The summed E-state index contributed by atoms with van der Waals surface area (Å²) in [7, 11) is 0. The molecule has 0 fully saturated rings. The van der Waals surface area contributed by atoms with Crippen LogP contribution < -0.4 is 5.73 Å². The van der Waals surface area contributed by atoms with E-state index in [-0.39, 0.29) is 22.6 Å². The maximum absolute atomic E-state index is 13.5. The van der Waals surface area contributed by atoms with E-state index >= 15 is 0 Å². The summed E-state index contributed by atoms with van der Waals surface area (Å²) in [5.41, 5.74) is 4.65. The van der Waals surface area contributed by atoms with E-state index in [0.29, 0.717) is 0 Å². The average Bonchev–Trinajstić information content (AvgIpc) is 2.64. The zero-order valence-electron chi connectivity index (χ0n) is 8.37. The monoisotopic (exact) mass is 239 g/mol. The molecule has 0 aliphatic heterocycles. The number of rotatable bonds is 2. The molecule has 0 aliphatic carbocycles. The second kappa shape index (κ2) is 3.85. The van der Waals surface area contributed by atoms with Gasteiger partial charge in [0.25, 0.3) is 0 Å². The van der Waals surface area contributed by atoms with Crippen molar-refractivity contribution in [2.45, 2.75) is 0 Å². The molecule has 7 heteroatoms. The number of hydrogen-bond acceptors (Lipinski definition) is 3. The van der Waals surface area contributed by atoms with E-state index in [1.165, 1.54) is 0 Å². The Labute approximate surface area is 93.9 Å². The Kier molecular flexibility index (Phi) is 2.51. The van der Waals surface area contributed by atoms with Gasteiger partial charge in [-0.25, -0.2) is 13.6 Å². The van der Waals surface area contributed by atoms with E-state index < -0.39 is 17.6 Å². The molecule has 0 bridgehead atoms. The number of aromatic carboxylic acids is 1. The third-order valence-electron chi connectivity index (χ3n) is 2.21. The molecule has 0 spiro atoms. The largest absolute Gasteiger partial charge is 0.477 e. The van der Waals surface area contributed by atoms with Gasteiger partial charge in [0.1, 0.15) is 11.6 Å². The summed E-state index contributed by atoms with van der Waals surface area (Å²) in [5, 5.41) is 14.5. The number of H-pyrrole nitrogens is 1. The van der Waals surface area contributed by atoms with Crippen LogP contribution in [0.4, 0.5) is 14.6 Å². The summed E-state index contributed by atoms with van der Waals surface area (Å²) in [4.78, 5) is 10.9. The number of carboxylic acids is 1. The molecule has 0 saturated carbocycles. The highest BCUT2D eigenvalue weighted by Gasteiger charge is 2.21. The Hall–Kier alpha value is -2.44. The van der Waals surface area contributed by atoms with Crippen LogP contribution in [0.3, 0.4) is 0 Å². The van der Waals surface area contributed by atoms with Crippen molar-refractivity contribution in [3.8, 4) is 11.1 Å². The van der Waals surface area contributed by atoms with Crippen molar-refractivity contribution < 1.29 is 18.7 Å². The van der Waals surface area contributed by atoms with Crippen LogP contribution in [-0.4, -0.2) is 21.3 Å². The lowest BCUT2D eigenvalue weighted by atomic mass is 10.0. The minimum Gasteiger partial charge on any atom is -0.477 e. The van der Waals surface area contributed by atoms with Gasteiger partial charge in [-0.3, -0.25) is 5.10 Å². The lowest BCUT2D eigenvalue weighted by molar-refractivity contribution is 0.0691. The minimum absolute atomic E-state index is 0.158. The number of hydrogen-bond donors (Lipinski definition) is 3. The first kappa shape index (κ1) is 11.1. The van der Waals surface area contributed by atoms with Crippen molar-refractivity contribution in [3.05, 3.63) is 35.5 Å². The maximum Gasteiger partial charge on any atom is 0.354 e. The first-order valence-corrected chi connectivity index (χ1v) is 4.53. The first-order valence-electron chi connectivity index (χ1n) is 4.53. The number of nitrogens with zero attached hydrogens (tertiary/aromatic N) is 1. The fourth-order valence-electron chi connectivity index (χ4n) is 1.47. The highest BCUT2D eigenvalue weighted by atomic mass is 19.1. The number of carboxylic acid groups (broad SMARTS) is 1. The molecule has 0 amide bonds. The Morgan fingerprint density at radius 3 is 2.76 bits per heavy atom. The van der Waals surface area contributed by atoms with Crippen LogP contribution in [0.2, 0.25) is 0 Å². The fourth-order valence-corrected chi connectivity index (χ4v) is 1.47. The van der Waals surface area contributed by atoms with Gasteiger partial charge in [0, 0.05) is 5.56 Å². The molecule has 88 valence electrons. The van der Waals surface area contributed by atoms with Gasteiger partial charge in [0.15, 0.2) is 11.5 Å². The van der Waals surface area contributed by atoms with Crippen molar-refractivity contribution in [2.75, 3.05) is 5.73 Å². The highest BCUT2D eigenvalue weighted by molar-refractivity contribution is 5.97. The Morgan fingerprint density at radius 2 is 2.12 bits per heavy atom. The molecule has 1 heterocycles. The van der Waals surface area contributed by atoms with Gasteiger partial charge >= 0.3 is 5.97 Å². The van der Waals surface area contributed by atoms with E-state index in [4.69, 9.17) is 10.8 Å². The molecule has 0 unspecified atom stereocenters. The summed E-state index contributed by atoms with van der Waals surface area (Å²) in [6.45, 7) is 0. The molecule has 1 aromatic heterocycles. The number of anilines is 1. The lowest BCUT2D eigenvalue weighted by Crippen LogP contribution is -2.01. The van der Waals surface area contributed by atoms with Gasteiger partial charge in [-0.2, -0.15) is 5.10 Å². The van der Waals surface area contributed by atoms with Gasteiger partial charge in [-0.1, -0.05) is 0 Å². The normalized spacial score (nSPS) is 10.5. The molecular weight excluding hydrogens is 232 g/mol. The molecule has 4 N–H and O–H groups in total. The molecule has 0 radical (unpaired) electrons. The molecule has 17 heavy (non-hydrogen) atoms. The van der Waals surface area contributed by atoms with E-state index in [1.54, 1.807) is 0 Å². The van der Waals surface area contributed by atoms with Crippen molar-refractivity contribution in [1.82, 2.24) is 10.2 Å². The standard InChI is InChI=1S/C10H7F2N3O2/c11-4-1-2-6(12)5(3-4)7-8(10(16)17)14-15-9(7)13/h1-3H,(H,16,17)(H3,13,14,15). The van der Waals surface area contributed by atoms with Crippen LogP contribution in [-0.2, 0) is 0 Å². The van der Waals surface area contributed by atoms with Crippen LogP contribution in [0.1, 0.15) is 10.5 Å². The number of nitrogens with one attached hydrogen (secondary N) is 1. The van der Waals surface area contributed by atoms with Crippen LogP contribution in [0.5, 0.6) is 0 Å². The number of carbonyl (C=O) groups is 1. The van der Waals surface area contributed by atoms with Gasteiger partial charge < -0.3 is 10.8 Å². The Balaban J connectivity index is 2.71. The SMILES string of the molecule is Nc1n[nH]c(C(=O)O)c1-c1cc(F)ccc1F. The lowest BCUT2D eigenvalue weighted by Gasteiger charge is -2.03. The quantitative estimate of drug-likeness (QED) is 0.742. The second-order valence-electron chi connectivity index (χ2n) is 3.29. The van der Waals surface area contributed by atoms with Crippen molar-refractivity contribution in [2.24, 2.45) is 0 Å². The number of nitrogens with two attached hydrogens (primary N) is 1. The van der Waals surface area contributed by atoms with Crippen molar-refractivity contribution >= 4 is 11.8 Å². The van der Waals surface area contributed by atoms with Gasteiger partial charge in [0.2, 0.25) is 0 Å². The number of aromatic amines is 1. The maximum atomic E-state index is 13.5. The average molecular weight is 239 g/mol. The molecular formula is C10H7F2N3O2.